The molecule has 0 bridgehead atoms. The summed E-state index contributed by atoms with van der Waals surface area (Å²) in [5.74, 6) is 1.73. The molecule has 2 atom stereocenters. The molecule has 0 aliphatic carbocycles. The lowest BCUT2D eigenvalue weighted by Crippen LogP contribution is -2.45. The highest BCUT2D eigenvalue weighted by atomic mass is 35.5. The summed E-state index contributed by atoms with van der Waals surface area (Å²) in [6, 6.07) is 2.64. The first-order chi connectivity index (χ1) is 7.74. The number of rotatable bonds is 2. The number of alkyl halides is 1. The minimum atomic E-state index is 0.536. The van der Waals surface area contributed by atoms with Crippen LogP contribution in [-0.2, 0) is 5.88 Å². The molecular formula is C12H17ClN2S. The highest BCUT2D eigenvalue weighted by Crippen LogP contribution is 2.31. The molecule has 0 N–H and O–H groups in total. The van der Waals surface area contributed by atoms with Crippen LogP contribution < -0.4 is 4.90 Å². The molecule has 0 amide bonds. The van der Waals surface area contributed by atoms with Gasteiger partial charge < -0.3 is 4.90 Å². The molecule has 1 aliphatic heterocycles. The Labute approximate surface area is 106 Å². The lowest BCUT2D eigenvalue weighted by molar-refractivity contribution is 0.625. The molecule has 1 saturated heterocycles. The average molecular weight is 257 g/mol. The van der Waals surface area contributed by atoms with Gasteiger partial charge >= 0.3 is 0 Å². The number of aromatic nitrogens is 1. The molecule has 0 saturated carbocycles. The van der Waals surface area contributed by atoms with Crippen molar-refractivity contribution in [2.75, 3.05) is 17.2 Å². The highest BCUT2D eigenvalue weighted by molar-refractivity contribution is 8.00. The van der Waals surface area contributed by atoms with Gasteiger partial charge in [0.15, 0.2) is 0 Å². The topological polar surface area (TPSA) is 16.1 Å². The number of anilines is 1. The second-order valence-electron chi connectivity index (χ2n) is 4.15. The first-order valence-electron chi connectivity index (χ1n) is 5.61. The Kier molecular flexibility index (Phi) is 3.98. The van der Waals surface area contributed by atoms with Gasteiger partial charge in [-0.1, -0.05) is 6.92 Å². The first kappa shape index (κ1) is 12.1. The van der Waals surface area contributed by atoms with E-state index in [0.717, 1.165) is 12.1 Å². The number of pyridine rings is 1. The van der Waals surface area contributed by atoms with Crippen LogP contribution in [-0.4, -0.2) is 28.6 Å². The van der Waals surface area contributed by atoms with Gasteiger partial charge in [0.05, 0.1) is 5.88 Å². The van der Waals surface area contributed by atoms with Gasteiger partial charge in [0.1, 0.15) is 0 Å². The summed E-state index contributed by atoms with van der Waals surface area (Å²) in [6.07, 6.45) is 3.73. The summed E-state index contributed by atoms with van der Waals surface area (Å²) >= 11 is 8.01. The predicted octanol–water partition coefficient (Wildman–Crippen LogP) is 3.15. The SMILES string of the molecule is CC1SCCN(c2ccncc2CCl)C1C. The molecule has 1 fully saturated rings. The molecule has 16 heavy (non-hydrogen) atoms. The van der Waals surface area contributed by atoms with E-state index in [-0.39, 0.29) is 0 Å². The molecule has 0 radical (unpaired) electrons. The normalized spacial score (nSPS) is 25.8. The minimum absolute atomic E-state index is 0.536. The minimum Gasteiger partial charge on any atom is -0.367 e. The number of hydrogen-bond donors (Lipinski definition) is 0. The standard InChI is InChI=1S/C12H17ClN2S/c1-9-10(2)16-6-5-15(9)12-3-4-14-8-11(12)7-13/h3-4,8-10H,5-7H2,1-2H3. The molecule has 0 spiro atoms. The number of hydrogen-bond acceptors (Lipinski definition) is 3. The van der Waals surface area contributed by atoms with Crippen LogP contribution in [0.15, 0.2) is 18.5 Å². The second kappa shape index (κ2) is 5.28. The largest absolute Gasteiger partial charge is 0.367 e. The maximum atomic E-state index is 5.96. The van der Waals surface area contributed by atoms with Crippen molar-refractivity contribution >= 4 is 29.1 Å². The molecular weight excluding hydrogens is 240 g/mol. The molecule has 2 unspecified atom stereocenters. The smallest absolute Gasteiger partial charge is 0.0509 e. The predicted molar refractivity (Wildman–Crippen MR) is 72.5 cm³/mol. The molecule has 88 valence electrons. The molecule has 0 aromatic carbocycles. The fourth-order valence-electron chi connectivity index (χ4n) is 2.08. The van der Waals surface area contributed by atoms with Crippen LogP contribution >= 0.6 is 23.4 Å². The van der Waals surface area contributed by atoms with E-state index < -0.39 is 0 Å². The number of halogens is 1. The summed E-state index contributed by atoms with van der Waals surface area (Å²) in [5.41, 5.74) is 2.39. The lowest BCUT2D eigenvalue weighted by Gasteiger charge is -2.40. The van der Waals surface area contributed by atoms with Crippen molar-refractivity contribution < 1.29 is 0 Å². The van der Waals surface area contributed by atoms with Gasteiger partial charge in [-0.3, -0.25) is 4.98 Å². The van der Waals surface area contributed by atoms with Crippen molar-refractivity contribution in [3.05, 3.63) is 24.0 Å². The zero-order valence-corrected chi connectivity index (χ0v) is 11.3. The third kappa shape index (κ3) is 2.30. The summed E-state index contributed by atoms with van der Waals surface area (Å²) in [7, 11) is 0. The Bertz CT molecular complexity index is 359. The van der Waals surface area contributed by atoms with E-state index in [9.17, 15) is 0 Å². The molecule has 2 nitrogen and oxygen atoms in total. The maximum absolute atomic E-state index is 5.96. The molecule has 1 aromatic rings. The molecule has 4 heteroatoms. The highest BCUT2D eigenvalue weighted by Gasteiger charge is 2.26. The number of thioether (sulfide) groups is 1. The van der Waals surface area contributed by atoms with E-state index in [4.69, 9.17) is 11.6 Å². The van der Waals surface area contributed by atoms with E-state index in [1.165, 1.54) is 11.4 Å². The van der Waals surface area contributed by atoms with Gasteiger partial charge in [0, 0.05) is 47.2 Å². The Balaban J connectivity index is 2.28. The van der Waals surface area contributed by atoms with Gasteiger partial charge in [-0.25, -0.2) is 0 Å². The molecule has 1 aromatic heterocycles. The van der Waals surface area contributed by atoms with Crippen LogP contribution in [0.3, 0.4) is 0 Å². The molecule has 2 heterocycles. The maximum Gasteiger partial charge on any atom is 0.0509 e. The van der Waals surface area contributed by atoms with Crippen molar-refractivity contribution in [3.63, 3.8) is 0 Å². The molecule has 1 aliphatic rings. The third-order valence-electron chi connectivity index (χ3n) is 3.22. The van der Waals surface area contributed by atoms with Crippen molar-refractivity contribution in [2.45, 2.75) is 31.0 Å². The third-order valence-corrected chi connectivity index (χ3v) is 4.84. The monoisotopic (exact) mass is 256 g/mol. The summed E-state index contributed by atoms with van der Waals surface area (Å²) in [4.78, 5) is 6.60. The van der Waals surface area contributed by atoms with Crippen molar-refractivity contribution in [2.24, 2.45) is 0 Å². The average Bonchev–Trinajstić information content (AvgIpc) is 2.33. The summed E-state index contributed by atoms with van der Waals surface area (Å²) in [6.45, 7) is 5.68. The summed E-state index contributed by atoms with van der Waals surface area (Å²) < 4.78 is 0. The zero-order chi connectivity index (χ0) is 11.5. The fraction of sp³-hybridized carbons (Fsp3) is 0.583. The van der Waals surface area contributed by atoms with Gasteiger partial charge in [0.25, 0.3) is 0 Å². The Morgan fingerprint density at radius 1 is 1.56 bits per heavy atom. The van der Waals surface area contributed by atoms with Crippen LogP contribution in [0.2, 0.25) is 0 Å². The van der Waals surface area contributed by atoms with E-state index in [2.05, 4.69) is 29.8 Å². The van der Waals surface area contributed by atoms with Gasteiger partial charge in [-0.05, 0) is 13.0 Å². The van der Waals surface area contributed by atoms with E-state index >= 15 is 0 Å². The number of nitrogens with zero attached hydrogens (tertiary/aromatic N) is 2. The molecule has 2 rings (SSSR count). The fourth-order valence-corrected chi connectivity index (χ4v) is 3.38. The Morgan fingerprint density at radius 2 is 2.38 bits per heavy atom. The zero-order valence-electron chi connectivity index (χ0n) is 9.69. The van der Waals surface area contributed by atoms with Crippen LogP contribution in [0.5, 0.6) is 0 Å². The van der Waals surface area contributed by atoms with Gasteiger partial charge in [-0.15, -0.1) is 11.6 Å². The first-order valence-corrected chi connectivity index (χ1v) is 7.19. The van der Waals surface area contributed by atoms with Crippen molar-refractivity contribution in [3.8, 4) is 0 Å². The van der Waals surface area contributed by atoms with Crippen molar-refractivity contribution in [1.29, 1.82) is 0 Å². The van der Waals surface area contributed by atoms with Gasteiger partial charge in [-0.2, -0.15) is 11.8 Å². The summed E-state index contributed by atoms with van der Waals surface area (Å²) in [5, 5.41) is 0.671. The van der Waals surface area contributed by atoms with E-state index in [1.54, 1.807) is 0 Å². The quantitative estimate of drug-likeness (QED) is 0.757. The van der Waals surface area contributed by atoms with Crippen LogP contribution in [0.1, 0.15) is 19.4 Å². The van der Waals surface area contributed by atoms with E-state index in [0.29, 0.717) is 17.2 Å². The van der Waals surface area contributed by atoms with Crippen LogP contribution in [0.25, 0.3) is 0 Å². The Morgan fingerprint density at radius 3 is 3.12 bits per heavy atom. The Hall–Kier alpha value is -0.410. The van der Waals surface area contributed by atoms with Crippen LogP contribution in [0, 0.1) is 0 Å². The van der Waals surface area contributed by atoms with E-state index in [1.807, 2.05) is 24.2 Å². The lowest BCUT2D eigenvalue weighted by atomic mass is 10.1. The van der Waals surface area contributed by atoms with Gasteiger partial charge in [0.2, 0.25) is 0 Å². The van der Waals surface area contributed by atoms with Crippen molar-refractivity contribution in [1.82, 2.24) is 4.98 Å². The second-order valence-corrected chi connectivity index (χ2v) is 5.90. The van der Waals surface area contributed by atoms with Crippen LogP contribution in [0.4, 0.5) is 5.69 Å².